The van der Waals surface area contributed by atoms with Crippen molar-refractivity contribution in [2.45, 2.75) is 102 Å². The number of benzene rings is 2. The van der Waals surface area contributed by atoms with Crippen molar-refractivity contribution in [1.82, 2.24) is 20.9 Å². The van der Waals surface area contributed by atoms with E-state index in [-0.39, 0.29) is 23.6 Å². The maximum absolute atomic E-state index is 13.7. The summed E-state index contributed by atoms with van der Waals surface area (Å²) >= 11 is 0. The van der Waals surface area contributed by atoms with Gasteiger partial charge in [-0.25, -0.2) is 0 Å². The topological polar surface area (TPSA) is 169 Å². The summed E-state index contributed by atoms with van der Waals surface area (Å²) in [6, 6.07) is 15.8. The van der Waals surface area contributed by atoms with E-state index in [9.17, 15) is 24.6 Å². The molecule has 45 heavy (non-hydrogen) atoms. The number of hydrogen-bond acceptors (Lipinski definition) is 8. The number of likely N-dealkylation sites (tertiary alicyclic amines) is 1. The quantitative estimate of drug-likeness (QED) is 0.0977. The lowest BCUT2D eigenvalue weighted by molar-refractivity contribution is -0.135. The molecule has 1 fully saturated rings. The molecule has 3 rings (SSSR count). The summed E-state index contributed by atoms with van der Waals surface area (Å²) in [7, 11) is 0. The third kappa shape index (κ3) is 11.8. The molecular formula is C34H52N6O5. The minimum atomic E-state index is -1.13. The number of hydrogen-bond donors (Lipinski definition) is 7. The van der Waals surface area contributed by atoms with E-state index in [0.29, 0.717) is 57.3 Å². The Bertz CT molecular complexity index is 1180. The maximum atomic E-state index is 13.7. The number of carbonyl (C=O) groups excluding carboxylic acids is 3. The Morgan fingerprint density at radius 1 is 0.911 bits per heavy atom. The van der Waals surface area contributed by atoms with E-state index in [1.807, 2.05) is 62.4 Å². The van der Waals surface area contributed by atoms with Gasteiger partial charge in [0.2, 0.25) is 17.7 Å². The van der Waals surface area contributed by atoms with Crippen LogP contribution in [0.3, 0.4) is 0 Å². The summed E-state index contributed by atoms with van der Waals surface area (Å²) in [4.78, 5) is 42.2. The number of nitrogens with one attached hydrogen (secondary N) is 4. The van der Waals surface area contributed by atoms with E-state index in [1.54, 1.807) is 24.0 Å². The number of anilines is 1. The van der Waals surface area contributed by atoms with Gasteiger partial charge in [0, 0.05) is 12.2 Å². The fourth-order valence-corrected chi connectivity index (χ4v) is 5.81. The third-order valence-corrected chi connectivity index (χ3v) is 8.01. The molecule has 0 bridgehead atoms. The van der Waals surface area contributed by atoms with Crippen molar-refractivity contribution in [2.24, 2.45) is 11.7 Å². The highest BCUT2D eigenvalue weighted by atomic mass is 16.3. The summed E-state index contributed by atoms with van der Waals surface area (Å²) in [5, 5.41) is 33.5. The Morgan fingerprint density at radius 2 is 1.58 bits per heavy atom. The van der Waals surface area contributed by atoms with Gasteiger partial charge in [0.1, 0.15) is 18.5 Å². The van der Waals surface area contributed by atoms with Gasteiger partial charge >= 0.3 is 0 Å². The van der Waals surface area contributed by atoms with Gasteiger partial charge in [0.05, 0.1) is 18.1 Å². The summed E-state index contributed by atoms with van der Waals surface area (Å²) in [5.41, 5.74) is 7.25. The smallest absolute Gasteiger partial charge is 0.246 e. The van der Waals surface area contributed by atoms with Gasteiger partial charge in [-0.2, -0.15) is 0 Å². The molecule has 8 N–H and O–H groups in total. The number of nitrogens with zero attached hydrogens (tertiary/aromatic N) is 1. The fourth-order valence-electron chi connectivity index (χ4n) is 5.81. The average molecular weight is 625 g/mol. The second kappa shape index (κ2) is 18.6. The van der Waals surface area contributed by atoms with Crippen molar-refractivity contribution in [2.75, 3.05) is 18.4 Å². The molecule has 3 amide bonds. The van der Waals surface area contributed by atoms with E-state index in [1.165, 1.54) is 0 Å². The lowest BCUT2D eigenvalue weighted by atomic mass is 9.99. The molecular weight excluding hydrogens is 572 g/mol. The van der Waals surface area contributed by atoms with Crippen LogP contribution in [0.1, 0.15) is 64.9 Å². The number of rotatable bonds is 18. The molecule has 0 spiro atoms. The van der Waals surface area contributed by atoms with Crippen LogP contribution in [0.15, 0.2) is 60.7 Å². The van der Waals surface area contributed by atoms with Gasteiger partial charge < -0.3 is 31.9 Å². The van der Waals surface area contributed by atoms with Gasteiger partial charge in [-0.1, -0.05) is 62.4 Å². The monoisotopic (exact) mass is 624 g/mol. The van der Waals surface area contributed by atoms with E-state index in [4.69, 9.17) is 5.73 Å². The molecule has 2 aromatic rings. The van der Waals surface area contributed by atoms with Gasteiger partial charge in [0.25, 0.3) is 0 Å². The standard InChI is InChI=1S/C34H52N6O5/c1-23(2)21-29(39-32(43)28(36-24(3)41)22-25-13-6-4-7-14-25)34(45)40-20-12-18-30(40)33(44)38-27(17-10-11-19-35)31(42)37-26-15-8-5-9-16-26/h4-9,13-16,23-24,27-30,34,36,41,45H,10-12,17-22,35H2,1-3H3,(H,37,42)(H,38,44)(H,39,43)/t24?,27-,28-,29-,30-,34?/m0/s1. The molecule has 1 aliphatic heterocycles. The summed E-state index contributed by atoms with van der Waals surface area (Å²) in [6.07, 6.45) is 1.82. The first kappa shape index (κ1) is 36.1. The number of amides is 3. The largest absolute Gasteiger partial charge is 0.379 e. The highest BCUT2D eigenvalue weighted by Crippen LogP contribution is 2.24. The van der Waals surface area contributed by atoms with Gasteiger partial charge in [0.15, 0.2) is 0 Å². The first-order chi connectivity index (χ1) is 21.6. The summed E-state index contributed by atoms with van der Waals surface area (Å²) < 4.78 is 0. The predicted octanol–water partition coefficient (Wildman–Crippen LogP) is 2.09. The zero-order chi connectivity index (χ0) is 32.8. The summed E-state index contributed by atoms with van der Waals surface area (Å²) in [6.45, 7) is 6.53. The number of para-hydroxylation sites is 1. The molecule has 1 saturated heterocycles. The van der Waals surface area contributed by atoms with Gasteiger partial charge in [-0.05, 0) is 82.0 Å². The van der Waals surface area contributed by atoms with Crippen molar-refractivity contribution in [3.63, 3.8) is 0 Å². The third-order valence-electron chi connectivity index (χ3n) is 8.01. The number of aliphatic hydroxyl groups excluding tert-OH is 2. The van der Waals surface area contributed by atoms with Gasteiger partial charge in [-0.3, -0.25) is 24.6 Å². The molecule has 6 atom stereocenters. The number of unbranched alkanes of at least 4 members (excludes halogenated alkanes) is 1. The van der Waals surface area contributed by atoms with Crippen LogP contribution in [0, 0.1) is 5.92 Å². The zero-order valence-electron chi connectivity index (χ0n) is 26.8. The van der Waals surface area contributed by atoms with Crippen LogP contribution in [0.25, 0.3) is 0 Å². The van der Waals surface area contributed by atoms with Crippen molar-refractivity contribution < 1.29 is 24.6 Å². The van der Waals surface area contributed by atoms with Crippen LogP contribution in [-0.2, 0) is 20.8 Å². The first-order valence-corrected chi connectivity index (χ1v) is 16.2. The average Bonchev–Trinajstić information content (AvgIpc) is 3.50. The maximum Gasteiger partial charge on any atom is 0.246 e. The Morgan fingerprint density at radius 3 is 2.20 bits per heavy atom. The van der Waals surface area contributed by atoms with E-state index in [0.717, 1.165) is 12.0 Å². The van der Waals surface area contributed by atoms with E-state index < -0.39 is 36.6 Å². The minimum Gasteiger partial charge on any atom is -0.379 e. The molecule has 0 aliphatic carbocycles. The van der Waals surface area contributed by atoms with Crippen LogP contribution in [0.5, 0.6) is 0 Å². The SMILES string of the molecule is CC(C)C[C@H](NC(=O)[C@H](Cc1ccccc1)NC(C)O)C(O)N1CCC[C@H]1C(=O)N[C@@H](CCCCN)C(=O)Nc1ccccc1. The van der Waals surface area contributed by atoms with Crippen LogP contribution >= 0.6 is 0 Å². The van der Waals surface area contributed by atoms with Crippen molar-refractivity contribution in [3.05, 3.63) is 66.2 Å². The number of aliphatic hydroxyl groups is 2. The molecule has 0 aromatic heterocycles. The molecule has 248 valence electrons. The normalized spacial score (nSPS) is 18.5. The van der Waals surface area contributed by atoms with E-state index in [2.05, 4.69) is 21.3 Å². The van der Waals surface area contributed by atoms with Crippen molar-refractivity contribution in [1.29, 1.82) is 0 Å². The van der Waals surface area contributed by atoms with Crippen LogP contribution in [-0.4, -0.2) is 82.5 Å². The molecule has 0 saturated carbocycles. The lowest BCUT2D eigenvalue weighted by Crippen LogP contribution is -2.60. The van der Waals surface area contributed by atoms with Crippen LogP contribution in [0.2, 0.25) is 0 Å². The summed E-state index contributed by atoms with van der Waals surface area (Å²) in [5.74, 6) is -0.843. The molecule has 1 aliphatic rings. The predicted molar refractivity (Wildman–Crippen MR) is 176 cm³/mol. The van der Waals surface area contributed by atoms with E-state index >= 15 is 0 Å². The Labute approximate surface area is 267 Å². The number of nitrogens with two attached hydrogens (primary N) is 1. The molecule has 2 aromatic carbocycles. The minimum absolute atomic E-state index is 0.144. The number of carbonyl (C=O) groups is 3. The Hall–Kier alpha value is -3.35. The molecule has 11 nitrogen and oxygen atoms in total. The second-order valence-corrected chi connectivity index (χ2v) is 12.3. The zero-order valence-corrected chi connectivity index (χ0v) is 26.8. The highest BCUT2D eigenvalue weighted by Gasteiger charge is 2.40. The molecule has 1 heterocycles. The lowest BCUT2D eigenvalue weighted by Gasteiger charge is -2.36. The second-order valence-electron chi connectivity index (χ2n) is 12.3. The van der Waals surface area contributed by atoms with Crippen molar-refractivity contribution >= 4 is 23.4 Å². The van der Waals surface area contributed by atoms with Crippen LogP contribution in [0.4, 0.5) is 5.69 Å². The Kier molecular flexibility index (Phi) is 14.9. The van der Waals surface area contributed by atoms with Crippen LogP contribution < -0.4 is 27.0 Å². The Balaban J connectivity index is 1.73. The fraction of sp³-hybridized carbons (Fsp3) is 0.559. The molecule has 11 heteroatoms. The molecule has 2 unspecified atom stereocenters. The van der Waals surface area contributed by atoms with Gasteiger partial charge in [-0.15, -0.1) is 0 Å². The van der Waals surface area contributed by atoms with Crippen molar-refractivity contribution in [3.8, 4) is 0 Å². The first-order valence-electron chi connectivity index (χ1n) is 16.2. The highest BCUT2D eigenvalue weighted by molar-refractivity contribution is 5.97. The molecule has 0 radical (unpaired) electrons.